The van der Waals surface area contributed by atoms with Gasteiger partial charge in [0, 0.05) is 4.88 Å². The van der Waals surface area contributed by atoms with Crippen molar-refractivity contribution in [3.63, 3.8) is 0 Å². The Morgan fingerprint density at radius 1 is 1.03 bits per heavy atom. The van der Waals surface area contributed by atoms with Crippen LogP contribution in [-0.2, 0) is 11.2 Å². The van der Waals surface area contributed by atoms with Crippen molar-refractivity contribution >= 4 is 40.4 Å². The van der Waals surface area contributed by atoms with Crippen LogP contribution in [0.5, 0.6) is 0 Å². The summed E-state index contributed by atoms with van der Waals surface area (Å²) in [5.74, 6) is 0.0644. The fraction of sp³-hybridized carbons (Fsp3) is 0.148. The van der Waals surface area contributed by atoms with Crippen molar-refractivity contribution in [2.75, 3.05) is 0 Å². The largest absolute Gasteiger partial charge is 0.295 e. The molecule has 1 nitrogen and oxygen atoms in total. The lowest BCUT2D eigenvalue weighted by molar-refractivity contribution is -0.112. The van der Waals surface area contributed by atoms with Crippen molar-refractivity contribution < 1.29 is 4.79 Å². The van der Waals surface area contributed by atoms with Gasteiger partial charge in [-0.2, -0.15) is 0 Å². The lowest BCUT2D eigenvalue weighted by atomic mass is 9.89. The summed E-state index contributed by atoms with van der Waals surface area (Å²) in [6.07, 6.45) is 7.78. The molecule has 0 fully saturated rings. The number of fused-ring (bicyclic) bond motifs is 1. The normalized spacial score (nSPS) is 13.9. The third kappa shape index (κ3) is 4.23. The third-order valence-corrected chi connectivity index (χ3v) is 6.20. The van der Waals surface area contributed by atoms with Gasteiger partial charge in [-0.1, -0.05) is 73.7 Å². The van der Waals surface area contributed by atoms with Gasteiger partial charge in [0.15, 0.2) is 5.78 Å². The van der Waals surface area contributed by atoms with Gasteiger partial charge in [0.25, 0.3) is 0 Å². The molecule has 0 unspecified atom stereocenters. The standard InChI is InChI=1S/C27H24OS/c1-3-25(26-9-6-16-29-26)27(24-17-22-7-4-5-8-23(22)18-24)21-14-12-20(13-15-21)11-10-19(2)28/h4-17H,3,18H2,1-2H3/b11-10+,27-25+. The van der Waals surface area contributed by atoms with Crippen LogP contribution in [0, 0.1) is 0 Å². The average Bonchev–Trinajstić information content (AvgIpc) is 3.40. The van der Waals surface area contributed by atoms with E-state index < -0.39 is 0 Å². The summed E-state index contributed by atoms with van der Waals surface area (Å²) in [4.78, 5) is 12.6. The van der Waals surface area contributed by atoms with Crippen LogP contribution >= 0.6 is 11.3 Å². The second-order valence-corrected chi connectivity index (χ2v) is 8.24. The zero-order valence-corrected chi connectivity index (χ0v) is 17.6. The molecular formula is C27H24OS. The molecule has 0 spiro atoms. The molecule has 0 aliphatic heterocycles. The van der Waals surface area contributed by atoms with Gasteiger partial charge in [0.2, 0.25) is 0 Å². The minimum Gasteiger partial charge on any atom is -0.295 e. The lowest BCUT2D eigenvalue weighted by Gasteiger charge is -2.16. The second-order valence-electron chi connectivity index (χ2n) is 7.30. The van der Waals surface area contributed by atoms with E-state index in [1.807, 2.05) is 6.08 Å². The molecule has 0 bridgehead atoms. The Morgan fingerprint density at radius 2 is 1.83 bits per heavy atom. The first-order valence-electron chi connectivity index (χ1n) is 10.0. The lowest BCUT2D eigenvalue weighted by Crippen LogP contribution is -1.96. The maximum atomic E-state index is 11.2. The molecule has 29 heavy (non-hydrogen) atoms. The molecule has 2 heteroatoms. The maximum absolute atomic E-state index is 11.2. The van der Waals surface area contributed by atoms with Gasteiger partial charge in [-0.25, -0.2) is 0 Å². The molecule has 0 saturated carbocycles. The predicted molar refractivity (Wildman–Crippen MR) is 126 cm³/mol. The summed E-state index contributed by atoms with van der Waals surface area (Å²) in [6.45, 7) is 3.81. The van der Waals surface area contributed by atoms with E-state index in [-0.39, 0.29) is 5.78 Å². The third-order valence-electron chi connectivity index (χ3n) is 5.27. The zero-order valence-electron chi connectivity index (χ0n) is 16.8. The van der Waals surface area contributed by atoms with Crippen LogP contribution in [-0.4, -0.2) is 5.78 Å². The molecule has 0 saturated heterocycles. The Hall–Kier alpha value is -2.97. The summed E-state index contributed by atoms with van der Waals surface area (Å²) in [6, 6.07) is 21.6. The Kier molecular flexibility index (Phi) is 5.73. The minimum absolute atomic E-state index is 0.0644. The van der Waals surface area contributed by atoms with E-state index in [9.17, 15) is 4.79 Å². The van der Waals surface area contributed by atoms with E-state index in [1.165, 1.54) is 38.3 Å². The maximum Gasteiger partial charge on any atom is 0.152 e. The molecule has 1 heterocycles. The molecule has 0 N–H and O–H groups in total. The number of ketones is 1. The molecule has 0 atom stereocenters. The Morgan fingerprint density at radius 3 is 2.48 bits per heavy atom. The van der Waals surface area contributed by atoms with Crippen LogP contribution in [0.25, 0.3) is 23.3 Å². The quantitative estimate of drug-likeness (QED) is 0.399. The Labute approximate surface area is 176 Å². The van der Waals surface area contributed by atoms with Crippen LogP contribution in [0.15, 0.2) is 77.7 Å². The average molecular weight is 397 g/mol. The molecular weight excluding hydrogens is 372 g/mol. The fourth-order valence-electron chi connectivity index (χ4n) is 3.89. The number of thiophene rings is 1. The van der Waals surface area contributed by atoms with Crippen LogP contribution in [0.3, 0.4) is 0 Å². The number of benzene rings is 2. The van der Waals surface area contributed by atoms with Gasteiger partial charge in [-0.05, 0) is 76.3 Å². The highest BCUT2D eigenvalue weighted by Crippen LogP contribution is 2.41. The number of carbonyl (C=O) groups excluding carboxylic acids is 1. The van der Waals surface area contributed by atoms with E-state index in [0.29, 0.717) is 0 Å². The first kappa shape index (κ1) is 19.4. The molecule has 0 amide bonds. The Bertz CT molecular complexity index is 1110. The van der Waals surface area contributed by atoms with E-state index in [1.54, 1.807) is 24.3 Å². The van der Waals surface area contributed by atoms with Crippen LogP contribution in [0.2, 0.25) is 0 Å². The predicted octanol–water partition coefficient (Wildman–Crippen LogP) is 7.31. The first-order chi connectivity index (χ1) is 14.2. The van der Waals surface area contributed by atoms with E-state index in [4.69, 9.17) is 0 Å². The monoisotopic (exact) mass is 396 g/mol. The van der Waals surface area contributed by atoms with E-state index >= 15 is 0 Å². The van der Waals surface area contributed by atoms with E-state index in [2.05, 4.69) is 79.0 Å². The number of allylic oxidation sites excluding steroid dienone is 4. The summed E-state index contributed by atoms with van der Waals surface area (Å²) in [5.41, 5.74) is 9.10. The molecule has 4 rings (SSSR count). The van der Waals surface area contributed by atoms with E-state index in [0.717, 1.165) is 18.4 Å². The summed E-state index contributed by atoms with van der Waals surface area (Å²) < 4.78 is 0. The highest BCUT2D eigenvalue weighted by Gasteiger charge is 2.20. The minimum atomic E-state index is 0.0644. The first-order valence-corrected chi connectivity index (χ1v) is 10.9. The summed E-state index contributed by atoms with van der Waals surface area (Å²) >= 11 is 1.80. The second kappa shape index (κ2) is 8.59. The van der Waals surface area contributed by atoms with Gasteiger partial charge < -0.3 is 0 Å². The Balaban J connectivity index is 1.81. The molecule has 3 aromatic rings. The number of carbonyl (C=O) groups is 1. The zero-order chi connectivity index (χ0) is 20.2. The molecule has 1 aromatic heterocycles. The highest BCUT2D eigenvalue weighted by molar-refractivity contribution is 7.11. The summed E-state index contributed by atoms with van der Waals surface area (Å²) in [7, 11) is 0. The van der Waals surface area contributed by atoms with Crippen molar-refractivity contribution in [2.45, 2.75) is 26.7 Å². The fourth-order valence-corrected chi connectivity index (χ4v) is 4.74. The van der Waals surface area contributed by atoms with Crippen LogP contribution in [0.4, 0.5) is 0 Å². The molecule has 2 aromatic carbocycles. The molecule has 144 valence electrons. The van der Waals surface area contributed by atoms with Gasteiger partial charge in [0.1, 0.15) is 0 Å². The van der Waals surface area contributed by atoms with Crippen molar-refractivity contribution in [3.05, 3.63) is 105 Å². The van der Waals surface area contributed by atoms with Crippen molar-refractivity contribution in [2.24, 2.45) is 0 Å². The number of hydrogen-bond donors (Lipinski definition) is 0. The number of hydrogen-bond acceptors (Lipinski definition) is 2. The summed E-state index contributed by atoms with van der Waals surface area (Å²) in [5, 5.41) is 2.15. The molecule has 0 radical (unpaired) electrons. The smallest absolute Gasteiger partial charge is 0.152 e. The SMILES string of the molecule is CC/C(=C(\C1=Cc2ccccc2C1)c1ccc(/C=C/C(C)=O)cc1)c1cccs1. The van der Waals surface area contributed by atoms with Gasteiger partial charge in [-0.15, -0.1) is 11.3 Å². The van der Waals surface area contributed by atoms with Gasteiger partial charge in [-0.3, -0.25) is 4.79 Å². The van der Waals surface area contributed by atoms with Crippen LogP contribution < -0.4 is 0 Å². The topological polar surface area (TPSA) is 17.1 Å². The highest BCUT2D eigenvalue weighted by atomic mass is 32.1. The van der Waals surface area contributed by atoms with Crippen LogP contribution in [0.1, 0.15) is 47.4 Å². The van der Waals surface area contributed by atoms with Gasteiger partial charge >= 0.3 is 0 Å². The molecule has 1 aliphatic rings. The molecule has 1 aliphatic carbocycles. The van der Waals surface area contributed by atoms with Crippen molar-refractivity contribution in [1.29, 1.82) is 0 Å². The van der Waals surface area contributed by atoms with Gasteiger partial charge in [0.05, 0.1) is 0 Å². The van der Waals surface area contributed by atoms with Crippen molar-refractivity contribution in [3.8, 4) is 0 Å². The number of rotatable bonds is 6. The van der Waals surface area contributed by atoms with Crippen molar-refractivity contribution in [1.82, 2.24) is 0 Å².